The van der Waals surface area contributed by atoms with Crippen LogP contribution in [0, 0.1) is 5.92 Å². The molecular weight excluding hydrogens is 338 g/mol. The Morgan fingerprint density at radius 3 is 2.60 bits per heavy atom. The average molecular weight is 368 g/mol. The quantitative estimate of drug-likeness (QED) is 0.458. The second kappa shape index (κ2) is 9.08. The van der Waals surface area contributed by atoms with Crippen molar-refractivity contribution in [2.24, 2.45) is 10.9 Å². The van der Waals surface area contributed by atoms with Gasteiger partial charge in [0.15, 0.2) is 15.8 Å². The third-order valence-corrected chi connectivity index (χ3v) is 5.54. The summed E-state index contributed by atoms with van der Waals surface area (Å²) in [7, 11) is -1.40. The van der Waals surface area contributed by atoms with Crippen molar-refractivity contribution in [1.29, 1.82) is 0 Å². The van der Waals surface area contributed by atoms with Crippen LogP contribution in [0.3, 0.4) is 0 Å². The molecule has 2 unspecified atom stereocenters. The minimum absolute atomic E-state index is 0.296. The van der Waals surface area contributed by atoms with E-state index in [4.69, 9.17) is 4.74 Å². The van der Waals surface area contributed by atoms with Crippen LogP contribution in [0.1, 0.15) is 32.6 Å². The van der Waals surface area contributed by atoms with E-state index >= 15 is 0 Å². The number of hydrogen-bond acceptors (Lipinski definition) is 4. The summed E-state index contributed by atoms with van der Waals surface area (Å²) in [6, 6.07) is 6.95. The van der Waals surface area contributed by atoms with Gasteiger partial charge in [-0.25, -0.2) is 8.42 Å². The first-order chi connectivity index (χ1) is 11.9. The van der Waals surface area contributed by atoms with E-state index in [0.29, 0.717) is 29.8 Å². The van der Waals surface area contributed by atoms with Gasteiger partial charge in [-0.05, 0) is 43.0 Å². The van der Waals surface area contributed by atoms with Crippen molar-refractivity contribution in [3.05, 3.63) is 24.3 Å². The van der Waals surface area contributed by atoms with Crippen molar-refractivity contribution >= 4 is 15.8 Å². The lowest BCUT2D eigenvalue weighted by Gasteiger charge is -2.28. The molecule has 2 N–H and O–H groups in total. The molecule has 0 amide bonds. The molecule has 2 rings (SSSR count). The van der Waals surface area contributed by atoms with Gasteiger partial charge in [-0.1, -0.05) is 19.8 Å². The molecule has 0 saturated heterocycles. The Labute approximate surface area is 151 Å². The van der Waals surface area contributed by atoms with Crippen molar-refractivity contribution in [2.75, 3.05) is 26.5 Å². The maximum absolute atomic E-state index is 11.4. The van der Waals surface area contributed by atoms with E-state index in [1.54, 1.807) is 31.3 Å². The number of nitrogens with one attached hydrogen (secondary N) is 2. The molecule has 25 heavy (non-hydrogen) atoms. The van der Waals surface area contributed by atoms with Crippen LogP contribution in [0.4, 0.5) is 0 Å². The lowest BCUT2D eigenvalue weighted by Crippen LogP contribution is -2.46. The fourth-order valence-corrected chi connectivity index (χ4v) is 3.71. The van der Waals surface area contributed by atoms with Gasteiger partial charge in [0.2, 0.25) is 0 Å². The number of guanidine groups is 1. The monoisotopic (exact) mass is 367 g/mol. The molecule has 140 valence electrons. The third-order valence-electron chi connectivity index (χ3n) is 4.42. The van der Waals surface area contributed by atoms with Crippen LogP contribution in [-0.2, 0) is 9.84 Å². The van der Waals surface area contributed by atoms with Gasteiger partial charge >= 0.3 is 0 Å². The third kappa shape index (κ3) is 6.57. The number of benzene rings is 1. The van der Waals surface area contributed by atoms with Gasteiger partial charge < -0.3 is 15.4 Å². The molecule has 0 spiro atoms. The minimum atomic E-state index is -3.17. The zero-order chi connectivity index (χ0) is 18.3. The maximum Gasteiger partial charge on any atom is 0.191 e. The number of nitrogens with zero attached hydrogens (tertiary/aromatic N) is 1. The summed E-state index contributed by atoms with van der Waals surface area (Å²) < 4.78 is 28.5. The minimum Gasteiger partial charge on any atom is -0.492 e. The second-order valence-corrected chi connectivity index (χ2v) is 8.72. The predicted molar refractivity (Wildman–Crippen MR) is 101 cm³/mol. The van der Waals surface area contributed by atoms with Gasteiger partial charge in [-0.3, -0.25) is 4.99 Å². The average Bonchev–Trinajstić information content (AvgIpc) is 2.57. The van der Waals surface area contributed by atoms with Crippen LogP contribution >= 0.6 is 0 Å². The highest BCUT2D eigenvalue weighted by Crippen LogP contribution is 2.23. The predicted octanol–water partition coefficient (Wildman–Crippen LogP) is 2.21. The molecule has 0 aromatic heterocycles. The molecule has 6 nitrogen and oxygen atoms in total. The van der Waals surface area contributed by atoms with Crippen LogP contribution in [0.5, 0.6) is 5.75 Å². The molecule has 1 aliphatic carbocycles. The standard InChI is InChI=1S/C18H29N3O3S/c1-14-5-4-6-15(13-14)21-18(19-2)20-11-12-24-16-7-9-17(10-8-16)25(3,22)23/h7-10,14-15H,4-6,11-13H2,1-3H3,(H2,19,20,21). The molecule has 1 saturated carbocycles. The Morgan fingerprint density at radius 2 is 2.00 bits per heavy atom. The van der Waals surface area contributed by atoms with Gasteiger partial charge in [0, 0.05) is 19.3 Å². The highest BCUT2D eigenvalue weighted by molar-refractivity contribution is 7.90. The summed E-state index contributed by atoms with van der Waals surface area (Å²) in [6.07, 6.45) is 6.15. The fourth-order valence-electron chi connectivity index (χ4n) is 3.07. The number of ether oxygens (including phenoxy) is 1. The van der Waals surface area contributed by atoms with E-state index in [1.165, 1.54) is 31.9 Å². The number of hydrogen-bond donors (Lipinski definition) is 2. The maximum atomic E-state index is 11.4. The van der Waals surface area contributed by atoms with Crippen molar-refractivity contribution < 1.29 is 13.2 Å². The molecule has 1 aromatic rings. The highest BCUT2D eigenvalue weighted by Gasteiger charge is 2.19. The zero-order valence-electron chi connectivity index (χ0n) is 15.3. The molecular formula is C18H29N3O3S. The van der Waals surface area contributed by atoms with E-state index in [9.17, 15) is 8.42 Å². The molecule has 7 heteroatoms. The van der Waals surface area contributed by atoms with Crippen LogP contribution < -0.4 is 15.4 Å². The van der Waals surface area contributed by atoms with Crippen molar-refractivity contribution in [3.8, 4) is 5.75 Å². The second-order valence-electron chi connectivity index (χ2n) is 6.70. The number of rotatable bonds is 6. The van der Waals surface area contributed by atoms with Crippen molar-refractivity contribution in [2.45, 2.75) is 43.5 Å². The first-order valence-corrected chi connectivity index (χ1v) is 10.7. The molecule has 2 atom stereocenters. The summed E-state index contributed by atoms with van der Waals surface area (Å²) in [5.41, 5.74) is 0. The molecule has 1 aromatic carbocycles. The molecule has 0 aliphatic heterocycles. The van der Waals surface area contributed by atoms with Gasteiger partial charge in [0.05, 0.1) is 11.4 Å². The fraction of sp³-hybridized carbons (Fsp3) is 0.611. The SMILES string of the molecule is CN=C(NCCOc1ccc(S(C)(=O)=O)cc1)NC1CCCC(C)C1. The van der Waals surface area contributed by atoms with Crippen molar-refractivity contribution in [3.63, 3.8) is 0 Å². The van der Waals surface area contributed by atoms with Gasteiger partial charge in [-0.15, -0.1) is 0 Å². The van der Waals surface area contributed by atoms with Crippen molar-refractivity contribution in [1.82, 2.24) is 10.6 Å². The first-order valence-electron chi connectivity index (χ1n) is 8.78. The molecule has 0 radical (unpaired) electrons. The Kier molecular flexibility index (Phi) is 7.11. The van der Waals surface area contributed by atoms with E-state index in [2.05, 4.69) is 22.5 Å². The van der Waals surface area contributed by atoms with E-state index < -0.39 is 9.84 Å². The molecule has 0 heterocycles. The molecule has 0 bridgehead atoms. The van der Waals surface area contributed by atoms with Crippen LogP contribution in [0.25, 0.3) is 0 Å². The highest BCUT2D eigenvalue weighted by atomic mass is 32.2. The largest absolute Gasteiger partial charge is 0.492 e. The first kappa shape index (κ1) is 19.6. The van der Waals surface area contributed by atoms with Gasteiger partial charge in [-0.2, -0.15) is 0 Å². The van der Waals surface area contributed by atoms with E-state index in [0.717, 1.165) is 11.9 Å². The van der Waals surface area contributed by atoms with E-state index in [-0.39, 0.29) is 0 Å². The number of sulfone groups is 1. The summed E-state index contributed by atoms with van der Waals surface area (Å²) in [6.45, 7) is 3.39. The Balaban J connectivity index is 1.72. The zero-order valence-corrected chi connectivity index (χ0v) is 16.1. The Bertz CT molecular complexity index is 671. The summed E-state index contributed by atoms with van der Waals surface area (Å²) in [5.74, 6) is 2.22. The topological polar surface area (TPSA) is 79.8 Å². The number of aliphatic imine (C=N–C) groups is 1. The van der Waals surface area contributed by atoms with Gasteiger partial charge in [0.1, 0.15) is 12.4 Å². The lowest BCUT2D eigenvalue weighted by molar-refractivity contribution is 0.314. The van der Waals surface area contributed by atoms with Crippen LogP contribution in [0.2, 0.25) is 0 Å². The van der Waals surface area contributed by atoms with Crippen LogP contribution in [-0.4, -0.2) is 46.9 Å². The summed E-state index contributed by atoms with van der Waals surface area (Å²) >= 11 is 0. The lowest BCUT2D eigenvalue weighted by atomic mass is 9.87. The Morgan fingerprint density at radius 1 is 1.28 bits per heavy atom. The molecule has 1 fully saturated rings. The smallest absolute Gasteiger partial charge is 0.191 e. The summed E-state index contributed by atoms with van der Waals surface area (Å²) in [5, 5.41) is 6.73. The molecule has 1 aliphatic rings. The van der Waals surface area contributed by atoms with E-state index in [1.807, 2.05) is 0 Å². The van der Waals surface area contributed by atoms with Crippen LogP contribution in [0.15, 0.2) is 34.2 Å². The Hall–Kier alpha value is -1.76. The van der Waals surface area contributed by atoms with Gasteiger partial charge in [0.25, 0.3) is 0 Å². The summed E-state index contributed by atoms with van der Waals surface area (Å²) in [4.78, 5) is 4.56. The normalized spacial score (nSPS) is 21.6.